The molecule has 0 aromatic heterocycles. The molecule has 1 aliphatic heterocycles. The van der Waals surface area contributed by atoms with E-state index in [9.17, 15) is 4.79 Å². The number of rotatable bonds is 2. The van der Waals surface area contributed by atoms with Crippen LogP contribution in [0, 0.1) is 17.3 Å². The van der Waals surface area contributed by atoms with E-state index in [0.29, 0.717) is 23.0 Å². The number of carbonyl (C=O) groups excluding carboxylic acids is 1. The first-order valence-corrected chi connectivity index (χ1v) is 8.78. The van der Waals surface area contributed by atoms with Crippen molar-refractivity contribution in [3.05, 3.63) is 0 Å². The summed E-state index contributed by atoms with van der Waals surface area (Å²) in [6, 6.07) is 0. The molecule has 1 heterocycles. The molecule has 1 aliphatic carbocycles. The molecule has 3 unspecified atom stereocenters. The number of hydrogen-bond acceptors (Lipinski definition) is 3. The summed E-state index contributed by atoms with van der Waals surface area (Å²) >= 11 is 2.06. The van der Waals surface area contributed by atoms with Crippen LogP contribution in [0.4, 0.5) is 0 Å². The summed E-state index contributed by atoms with van der Waals surface area (Å²) in [5.41, 5.74) is 0.351. The van der Waals surface area contributed by atoms with E-state index in [2.05, 4.69) is 44.4 Å². The van der Waals surface area contributed by atoms with Crippen LogP contribution >= 0.6 is 11.8 Å². The lowest BCUT2D eigenvalue weighted by atomic mass is 9.68. The molecule has 1 saturated carbocycles. The molecule has 2 nitrogen and oxygen atoms in total. The maximum absolute atomic E-state index is 12.2. The van der Waals surface area contributed by atoms with Crippen molar-refractivity contribution in [2.75, 3.05) is 25.4 Å². The van der Waals surface area contributed by atoms with Gasteiger partial charge < -0.3 is 4.90 Å². The van der Waals surface area contributed by atoms with Gasteiger partial charge in [0.25, 0.3) is 0 Å². The maximum atomic E-state index is 12.2. The number of thioether (sulfide) groups is 1. The number of nitrogens with zero attached hydrogens (tertiary/aromatic N) is 1. The Kier molecular flexibility index (Phi) is 4.99. The summed E-state index contributed by atoms with van der Waals surface area (Å²) in [5.74, 6) is 2.76. The summed E-state index contributed by atoms with van der Waals surface area (Å²) in [6.45, 7) is 12.6. The molecule has 0 N–H and O–H groups in total. The molecule has 2 aliphatic rings. The third-order valence-corrected chi connectivity index (χ3v) is 5.93. The maximum Gasteiger partial charge on any atom is 0.137 e. The first kappa shape index (κ1) is 15.4. The van der Waals surface area contributed by atoms with Crippen LogP contribution in [0.3, 0.4) is 0 Å². The molecule has 0 aromatic rings. The lowest BCUT2D eigenvalue weighted by Gasteiger charge is -2.39. The van der Waals surface area contributed by atoms with Crippen molar-refractivity contribution in [1.29, 1.82) is 0 Å². The highest BCUT2D eigenvalue weighted by Gasteiger charge is 2.35. The summed E-state index contributed by atoms with van der Waals surface area (Å²) in [7, 11) is 0. The monoisotopic (exact) mass is 283 g/mol. The Morgan fingerprint density at radius 2 is 2.11 bits per heavy atom. The van der Waals surface area contributed by atoms with Gasteiger partial charge in [0.05, 0.1) is 0 Å². The molecule has 1 saturated heterocycles. The molecular weight excluding hydrogens is 254 g/mol. The molecule has 0 spiro atoms. The van der Waals surface area contributed by atoms with Crippen molar-refractivity contribution in [2.45, 2.75) is 52.2 Å². The highest BCUT2D eigenvalue weighted by Crippen LogP contribution is 2.39. The molecule has 3 atom stereocenters. The number of Topliss-reactive ketones (excluding diaryl/α,β-unsaturated/α-hetero) is 1. The van der Waals surface area contributed by atoms with E-state index in [-0.39, 0.29) is 0 Å². The second-order valence-electron chi connectivity index (χ2n) is 7.44. The van der Waals surface area contributed by atoms with Gasteiger partial charge in [-0.2, -0.15) is 11.8 Å². The van der Waals surface area contributed by atoms with Crippen molar-refractivity contribution in [2.24, 2.45) is 17.3 Å². The van der Waals surface area contributed by atoms with Crippen LogP contribution in [0.25, 0.3) is 0 Å². The normalized spacial score (nSPS) is 34.5. The molecule has 3 heteroatoms. The summed E-state index contributed by atoms with van der Waals surface area (Å²) in [4.78, 5) is 14.7. The molecule has 110 valence electrons. The fourth-order valence-corrected chi connectivity index (χ4v) is 4.53. The number of hydrogen-bond donors (Lipinski definition) is 0. The van der Waals surface area contributed by atoms with Crippen LogP contribution in [-0.4, -0.2) is 41.3 Å². The lowest BCUT2D eigenvalue weighted by Crippen LogP contribution is -2.43. The molecular formula is C16H29NOS. The largest absolute Gasteiger partial charge is 0.301 e. The van der Waals surface area contributed by atoms with Crippen molar-refractivity contribution >= 4 is 17.5 Å². The van der Waals surface area contributed by atoms with Crippen molar-refractivity contribution in [3.8, 4) is 0 Å². The Morgan fingerprint density at radius 3 is 2.74 bits per heavy atom. The minimum atomic E-state index is 0.299. The minimum Gasteiger partial charge on any atom is -0.301 e. The topological polar surface area (TPSA) is 20.3 Å². The number of ketones is 1. The molecule has 0 aromatic carbocycles. The zero-order chi connectivity index (χ0) is 14.0. The number of carbonyl (C=O) groups is 1. The van der Waals surface area contributed by atoms with Gasteiger partial charge in [-0.1, -0.05) is 27.7 Å². The van der Waals surface area contributed by atoms with Crippen molar-refractivity contribution < 1.29 is 4.79 Å². The van der Waals surface area contributed by atoms with Gasteiger partial charge in [0.1, 0.15) is 5.78 Å². The van der Waals surface area contributed by atoms with E-state index in [1.807, 2.05) is 0 Å². The van der Waals surface area contributed by atoms with E-state index in [4.69, 9.17) is 0 Å². The zero-order valence-corrected chi connectivity index (χ0v) is 13.8. The lowest BCUT2D eigenvalue weighted by molar-refractivity contribution is -0.127. The van der Waals surface area contributed by atoms with Gasteiger partial charge in [-0.15, -0.1) is 0 Å². The SMILES string of the molecule is CC1CN(CC2CC(C(C)(C)C)CCC2=O)CCS1. The molecule has 2 rings (SSSR count). The van der Waals surface area contributed by atoms with Crippen LogP contribution in [0.2, 0.25) is 0 Å². The summed E-state index contributed by atoms with van der Waals surface area (Å²) < 4.78 is 0. The quantitative estimate of drug-likeness (QED) is 0.774. The Bertz CT molecular complexity index is 323. The molecule has 0 bridgehead atoms. The van der Waals surface area contributed by atoms with Gasteiger partial charge in [-0.25, -0.2) is 0 Å². The molecule has 2 fully saturated rings. The standard InChI is InChI=1S/C16H29NOS/c1-12-10-17(7-8-19-12)11-13-9-14(16(2,3)4)5-6-15(13)18/h12-14H,5-11H2,1-4H3. The van der Waals surface area contributed by atoms with Crippen molar-refractivity contribution in [3.63, 3.8) is 0 Å². The Labute approximate surface area is 122 Å². The van der Waals surface area contributed by atoms with Crippen LogP contribution in [0.15, 0.2) is 0 Å². The first-order chi connectivity index (χ1) is 8.86. The van der Waals surface area contributed by atoms with Crippen LogP contribution < -0.4 is 0 Å². The predicted molar refractivity (Wildman–Crippen MR) is 83.7 cm³/mol. The smallest absolute Gasteiger partial charge is 0.137 e. The second-order valence-corrected chi connectivity index (χ2v) is 8.99. The van der Waals surface area contributed by atoms with Gasteiger partial charge in [0.15, 0.2) is 0 Å². The Morgan fingerprint density at radius 1 is 1.37 bits per heavy atom. The van der Waals surface area contributed by atoms with Gasteiger partial charge in [-0.05, 0) is 24.2 Å². The molecule has 0 amide bonds. The molecule has 0 radical (unpaired) electrons. The third kappa shape index (κ3) is 4.22. The van der Waals surface area contributed by atoms with E-state index < -0.39 is 0 Å². The van der Waals surface area contributed by atoms with Crippen molar-refractivity contribution in [1.82, 2.24) is 4.90 Å². The van der Waals surface area contributed by atoms with Gasteiger partial charge in [0, 0.05) is 43.0 Å². The fraction of sp³-hybridized carbons (Fsp3) is 0.938. The van der Waals surface area contributed by atoms with Crippen LogP contribution in [0.5, 0.6) is 0 Å². The van der Waals surface area contributed by atoms with E-state index in [0.717, 1.165) is 37.6 Å². The first-order valence-electron chi connectivity index (χ1n) is 7.73. The highest BCUT2D eigenvalue weighted by molar-refractivity contribution is 7.99. The average molecular weight is 283 g/mol. The zero-order valence-electron chi connectivity index (χ0n) is 12.9. The highest BCUT2D eigenvalue weighted by atomic mass is 32.2. The Hall–Kier alpha value is -0.0200. The third-order valence-electron chi connectivity index (χ3n) is 4.79. The van der Waals surface area contributed by atoms with E-state index in [1.54, 1.807) is 0 Å². The summed E-state index contributed by atoms with van der Waals surface area (Å²) in [6.07, 6.45) is 3.02. The average Bonchev–Trinajstić information content (AvgIpc) is 2.30. The predicted octanol–water partition coefficient (Wildman–Crippen LogP) is 3.46. The van der Waals surface area contributed by atoms with Gasteiger partial charge >= 0.3 is 0 Å². The second kappa shape index (κ2) is 6.17. The fourth-order valence-electron chi connectivity index (χ4n) is 3.44. The molecule has 19 heavy (non-hydrogen) atoms. The minimum absolute atomic E-state index is 0.299. The van der Waals surface area contributed by atoms with Gasteiger partial charge in [-0.3, -0.25) is 4.79 Å². The van der Waals surface area contributed by atoms with Crippen LogP contribution in [0.1, 0.15) is 47.0 Å². The van der Waals surface area contributed by atoms with Crippen LogP contribution in [-0.2, 0) is 4.79 Å². The van der Waals surface area contributed by atoms with E-state index >= 15 is 0 Å². The summed E-state index contributed by atoms with van der Waals surface area (Å²) in [5, 5.41) is 0.728. The van der Waals surface area contributed by atoms with Gasteiger partial charge in [0.2, 0.25) is 0 Å². The Balaban J connectivity index is 1.92. The van der Waals surface area contributed by atoms with E-state index in [1.165, 1.54) is 12.3 Å².